The second-order valence-electron chi connectivity index (χ2n) is 5.04. The van der Waals surface area contributed by atoms with Crippen LogP contribution in [0.5, 0.6) is 5.75 Å². The van der Waals surface area contributed by atoms with E-state index in [2.05, 4.69) is 4.98 Å². The Morgan fingerprint density at radius 3 is 2.61 bits per heavy atom. The topological polar surface area (TPSA) is 22.1 Å². The molecule has 0 unspecified atom stereocenters. The summed E-state index contributed by atoms with van der Waals surface area (Å²) >= 11 is 1.37. The minimum absolute atomic E-state index is 0.135. The van der Waals surface area contributed by atoms with E-state index in [9.17, 15) is 13.2 Å². The lowest BCUT2D eigenvalue weighted by molar-refractivity contribution is -0.138. The molecular formula is C17H14F3NOS. The summed E-state index contributed by atoms with van der Waals surface area (Å²) in [5.41, 5.74) is 0.470. The minimum atomic E-state index is -4.46. The Kier molecular flexibility index (Phi) is 4.26. The Bertz CT molecular complexity index is 793. The highest BCUT2D eigenvalue weighted by Crippen LogP contribution is 2.40. The van der Waals surface area contributed by atoms with Gasteiger partial charge in [-0.2, -0.15) is 13.2 Å². The molecular weight excluding hydrogens is 323 g/mol. The number of rotatable bonds is 4. The van der Waals surface area contributed by atoms with Gasteiger partial charge in [0, 0.05) is 5.56 Å². The van der Waals surface area contributed by atoms with Gasteiger partial charge in [-0.15, -0.1) is 11.3 Å². The summed E-state index contributed by atoms with van der Waals surface area (Å²) in [6, 6.07) is 11.6. The van der Waals surface area contributed by atoms with Crippen LogP contribution in [0.3, 0.4) is 0 Å². The third-order valence-corrected chi connectivity index (χ3v) is 4.37. The van der Waals surface area contributed by atoms with Gasteiger partial charge in [-0.25, -0.2) is 4.98 Å². The van der Waals surface area contributed by atoms with Gasteiger partial charge in [0.15, 0.2) is 0 Å². The largest absolute Gasteiger partial charge is 0.493 e. The number of para-hydroxylation sites is 1. The first-order valence-corrected chi connectivity index (χ1v) is 8.00. The van der Waals surface area contributed by atoms with E-state index in [0.717, 1.165) is 16.3 Å². The molecule has 0 saturated heterocycles. The average Bonchev–Trinajstić information content (AvgIpc) is 2.96. The third-order valence-electron chi connectivity index (χ3n) is 3.29. The average molecular weight is 337 g/mol. The van der Waals surface area contributed by atoms with Crippen LogP contribution in [0.1, 0.15) is 18.9 Å². The Labute approximate surface area is 135 Å². The molecule has 0 bridgehead atoms. The van der Waals surface area contributed by atoms with E-state index in [0.29, 0.717) is 17.0 Å². The molecule has 3 aromatic rings. The van der Waals surface area contributed by atoms with Crippen LogP contribution >= 0.6 is 11.3 Å². The molecule has 0 aliphatic carbocycles. The van der Waals surface area contributed by atoms with E-state index in [1.807, 2.05) is 31.2 Å². The molecule has 2 nitrogen and oxygen atoms in total. The second kappa shape index (κ2) is 6.20. The van der Waals surface area contributed by atoms with Crippen LogP contribution in [0.4, 0.5) is 13.2 Å². The number of alkyl halides is 3. The van der Waals surface area contributed by atoms with Crippen molar-refractivity contribution >= 4 is 21.6 Å². The Morgan fingerprint density at radius 1 is 1.13 bits per heavy atom. The van der Waals surface area contributed by atoms with Gasteiger partial charge in [0.05, 0.1) is 22.4 Å². The molecule has 0 amide bonds. The predicted octanol–water partition coefficient (Wildman–Crippen LogP) is 5.77. The molecule has 0 radical (unpaired) electrons. The summed E-state index contributed by atoms with van der Waals surface area (Å²) in [6.45, 7) is 2.10. The summed E-state index contributed by atoms with van der Waals surface area (Å²) in [6.07, 6.45) is -3.81. The van der Waals surface area contributed by atoms with Crippen LogP contribution in [0.2, 0.25) is 0 Å². The van der Waals surface area contributed by atoms with Crippen molar-refractivity contribution in [3.8, 4) is 16.3 Å². The number of thiazole rings is 1. The number of hydrogen-bond acceptors (Lipinski definition) is 3. The highest BCUT2D eigenvalue weighted by Gasteiger charge is 2.35. The van der Waals surface area contributed by atoms with Crippen molar-refractivity contribution in [2.24, 2.45) is 0 Å². The number of ether oxygens (including phenoxy) is 1. The van der Waals surface area contributed by atoms with E-state index >= 15 is 0 Å². The van der Waals surface area contributed by atoms with Crippen molar-refractivity contribution in [2.45, 2.75) is 19.5 Å². The van der Waals surface area contributed by atoms with Crippen molar-refractivity contribution in [1.82, 2.24) is 4.98 Å². The van der Waals surface area contributed by atoms with Gasteiger partial charge in [0.1, 0.15) is 10.8 Å². The van der Waals surface area contributed by atoms with Crippen LogP contribution in [0, 0.1) is 0 Å². The SMILES string of the molecule is CCCOc1ccc(-c2nc3ccccc3s2)cc1C(F)(F)F. The monoisotopic (exact) mass is 337 g/mol. The highest BCUT2D eigenvalue weighted by molar-refractivity contribution is 7.21. The standard InChI is InChI=1S/C17H14F3NOS/c1-2-9-22-14-8-7-11(10-12(14)17(18,19)20)16-21-13-5-3-4-6-15(13)23-16/h3-8,10H,2,9H2,1H3. The van der Waals surface area contributed by atoms with Crippen LogP contribution in [-0.4, -0.2) is 11.6 Å². The van der Waals surface area contributed by atoms with Crippen molar-refractivity contribution in [2.75, 3.05) is 6.61 Å². The van der Waals surface area contributed by atoms with Gasteiger partial charge in [0.2, 0.25) is 0 Å². The van der Waals surface area contributed by atoms with Crippen LogP contribution in [-0.2, 0) is 6.18 Å². The fourth-order valence-electron chi connectivity index (χ4n) is 2.22. The van der Waals surface area contributed by atoms with Gasteiger partial charge in [-0.1, -0.05) is 19.1 Å². The molecule has 0 aliphatic rings. The quantitative estimate of drug-likeness (QED) is 0.603. The molecule has 23 heavy (non-hydrogen) atoms. The second-order valence-corrected chi connectivity index (χ2v) is 6.07. The number of hydrogen-bond donors (Lipinski definition) is 0. The maximum atomic E-state index is 13.3. The molecule has 120 valence electrons. The molecule has 1 aromatic heterocycles. The number of fused-ring (bicyclic) bond motifs is 1. The molecule has 6 heteroatoms. The van der Waals surface area contributed by atoms with Gasteiger partial charge < -0.3 is 4.74 Å². The molecule has 0 atom stereocenters. The normalized spacial score (nSPS) is 11.8. The summed E-state index contributed by atoms with van der Waals surface area (Å²) < 4.78 is 46.0. The third kappa shape index (κ3) is 3.32. The fraction of sp³-hybridized carbons (Fsp3) is 0.235. The Morgan fingerprint density at radius 2 is 1.91 bits per heavy atom. The molecule has 2 aromatic carbocycles. The number of aromatic nitrogens is 1. The van der Waals surface area contributed by atoms with Crippen molar-refractivity contribution in [1.29, 1.82) is 0 Å². The first kappa shape index (κ1) is 15.8. The summed E-state index contributed by atoms with van der Waals surface area (Å²) in [4.78, 5) is 4.41. The van der Waals surface area contributed by atoms with Crippen molar-refractivity contribution in [3.05, 3.63) is 48.0 Å². The molecule has 0 fully saturated rings. The highest BCUT2D eigenvalue weighted by atomic mass is 32.1. The smallest absolute Gasteiger partial charge is 0.419 e. The zero-order valence-electron chi connectivity index (χ0n) is 12.4. The summed E-state index contributed by atoms with van der Waals surface area (Å²) in [5.74, 6) is -0.135. The predicted molar refractivity (Wildman–Crippen MR) is 85.8 cm³/mol. The van der Waals surface area contributed by atoms with Gasteiger partial charge in [-0.05, 0) is 36.8 Å². The number of benzene rings is 2. The van der Waals surface area contributed by atoms with E-state index in [1.54, 1.807) is 6.07 Å². The maximum Gasteiger partial charge on any atom is 0.419 e. The van der Waals surface area contributed by atoms with E-state index in [-0.39, 0.29) is 12.4 Å². The van der Waals surface area contributed by atoms with Gasteiger partial charge >= 0.3 is 6.18 Å². The lowest BCUT2D eigenvalue weighted by atomic mass is 10.1. The van der Waals surface area contributed by atoms with E-state index < -0.39 is 11.7 Å². The number of halogens is 3. The molecule has 0 saturated carbocycles. The Hall–Kier alpha value is -2.08. The lowest BCUT2D eigenvalue weighted by Crippen LogP contribution is -2.09. The minimum Gasteiger partial charge on any atom is -0.493 e. The zero-order valence-corrected chi connectivity index (χ0v) is 13.2. The van der Waals surface area contributed by atoms with Crippen LogP contribution in [0.15, 0.2) is 42.5 Å². The Balaban J connectivity index is 2.06. The van der Waals surface area contributed by atoms with Gasteiger partial charge in [-0.3, -0.25) is 0 Å². The summed E-state index contributed by atoms with van der Waals surface area (Å²) in [7, 11) is 0. The molecule has 0 spiro atoms. The van der Waals surface area contributed by atoms with Crippen molar-refractivity contribution in [3.63, 3.8) is 0 Å². The molecule has 0 N–H and O–H groups in total. The fourth-order valence-corrected chi connectivity index (χ4v) is 3.18. The van der Waals surface area contributed by atoms with Crippen molar-refractivity contribution < 1.29 is 17.9 Å². The van der Waals surface area contributed by atoms with Crippen LogP contribution < -0.4 is 4.74 Å². The first-order chi connectivity index (χ1) is 11.0. The molecule has 3 rings (SSSR count). The summed E-state index contributed by atoms with van der Waals surface area (Å²) in [5, 5.41) is 0.568. The van der Waals surface area contributed by atoms with Crippen LogP contribution in [0.25, 0.3) is 20.8 Å². The van der Waals surface area contributed by atoms with Gasteiger partial charge in [0.25, 0.3) is 0 Å². The number of nitrogens with zero attached hydrogens (tertiary/aromatic N) is 1. The first-order valence-electron chi connectivity index (χ1n) is 7.19. The molecule has 1 heterocycles. The lowest BCUT2D eigenvalue weighted by Gasteiger charge is -2.14. The maximum absolute atomic E-state index is 13.3. The van der Waals surface area contributed by atoms with E-state index in [4.69, 9.17) is 4.74 Å². The zero-order chi connectivity index (χ0) is 16.4. The van der Waals surface area contributed by atoms with E-state index in [1.165, 1.54) is 17.4 Å². The molecule has 0 aliphatic heterocycles.